The van der Waals surface area contributed by atoms with Gasteiger partial charge in [-0.25, -0.2) is 18.4 Å². The number of nitrogens with zero attached hydrogens (tertiary/aromatic N) is 7. The zero-order chi connectivity index (χ0) is 22.6. The zero-order valence-corrected chi connectivity index (χ0v) is 19.6. The van der Waals surface area contributed by atoms with E-state index in [1.165, 1.54) is 0 Å². The number of hydrogen-bond acceptors (Lipinski definition) is 8. The Bertz CT molecular complexity index is 1280. The van der Waals surface area contributed by atoms with Crippen molar-refractivity contribution in [3.05, 3.63) is 59.0 Å². The Kier molecular flexibility index (Phi) is 5.11. The molecule has 9 nitrogen and oxygen atoms in total. The number of hydrogen-bond donors (Lipinski definition) is 0. The summed E-state index contributed by atoms with van der Waals surface area (Å²) in [6.07, 6.45) is 5.26. The first-order valence-electron chi connectivity index (χ1n) is 11.2. The van der Waals surface area contributed by atoms with Gasteiger partial charge in [0, 0.05) is 42.8 Å². The van der Waals surface area contributed by atoms with Gasteiger partial charge in [-0.15, -0.1) is 10.2 Å². The summed E-state index contributed by atoms with van der Waals surface area (Å²) in [5.74, 6) is 3.46. The number of benzene rings is 1. The maximum atomic E-state index is 11.8. The molecule has 5 heterocycles. The van der Waals surface area contributed by atoms with Gasteiger partial charge in [0.2, 0.25) is 0 Å². The third-order valence-corrected chi connectivity index (χ3v) is 8.94. The summed E-state index contributed by atoms with van der Waals surface area (Å²) >= 11 is 6.34. The van der Waals surface area contributed by atoms with Crippen molar-refractivity contribution in [1.29, 1.82) is 0 Å². The van der Waals surface area contributed by atoms with Gasteiger partial charge in [0.15, 0.2) is 15.7 Å². The Morgan fingerprint density at radius 3 is 2.58 bits per heavy atom. The smallest absolute Gasteiger partial charge is 0.153 e. The van der Waals surface area contributed by atoms with E-state index in [0.717, 1.165) is 54.6 Å². The van der Waals surface area contributed by atoms with Gasteiger partial charge in [0.1, 0.15) is 18.0 Å². The molecular weight excluding hydrogens is 462 g/mol. The van der Waals surface area contributed by atoms with Gasteiger partial charge in [-0.1, -0.05) is 11.6 Å². The molecule has 11 heteroatoms. The fourth-order valence-corrected chi connectivity index (χ4v) is 6.85. The fourth-order valence-electron chi connectivity index (χ4n) is 5.16. The van der Waals surface area contributed by atoms with E-state index in [-0.39, 0.29) is 23.5 Å². The van der Waals surface area contributed by atoms with Gasteiger partial charge in [-0.2, -0.15) is 0 Å². The quantitative estimate of drug-likeness (QED) is 0.557. The molecule has 3 aliphatic rings. The molecule has 0 amide bonds. The molecule has 3 aromatic rings. The summed E-state index contributed by atoms with van der Waals surface area (Å²) in [4.78, 5) is 12.9. The molecule has 2 aromatic heterocycles. The number of sulfone groups is 1. The van der Waals surface area contributed by atoms with E-state index in [9.17, 15) is 8.42 Å². The van der Waals surface area contributed by atoms with Crippen LogP contribution in [0.25, 0.3) is 5.69 Å². The molecule has 0 radical (unpaired) electrons. The van der Waals surface area contributed by atoms with Crippen LogP contribution in [0.5, 0.6) is 0 Å². The van der Waals surface area contributed by atoms with E-state index in [1.54, 1.807) is 12.5 Å². The number of fused-ring (bicyclic) bond motifs is 3. The number of halogens is 1. The maximum Gasteiger partial charge on any atom is 0.153 e. The van der Waals surface area contributed by atoms with Crippen LogP contribution in [0.15, 0.2) is 36.8 Å². The highest BCUT2D eigenvalue weighted by Gasteiger charge is 2.40. The van der Waals surface area contributed by atoms with Crippen molar-refractivity contribution in [3.63, 3.8) is 0 Å². The van der Waals surface area contributed by atoms with E-state index in [0.29, 0.717) is 18.1 Å². The minimum Gasteiger partial charge on any atom is -0.356 e. The summed E-state index contributed by atoms with van der Waals surface area (Å²) < 4.78 is 25.8. The first-order chi connectivity index (χ1) is 16.0. The van der Waals surface area contributed by atoms with Crippen LogP contribution in [0.4, 0.5) is 5.82 Å². The highest BCUT2D eigenvalue weighted by atomic mass is 35.5. The fraction of sp³-hybridized carbons (Fsp3) is 0.455. The lowest BCUT2D eigenvalue weighted by molar-refractivity contribution is 0.193. The number of piperidine rings is 1. The lowest BCUT2D eigenvalue weighted by atomic mass is 9.95. The van der Waals surface area contributed by atoms with E-state index in [4.69, 9.17) is 11.6 Å². The molecule has 0 N–H and O–H groups in total. The van der Waals surface area contributed by atoms with Gasteiger partial charge < -0.3 is 4.90 Å². The monoisotopic (exact) mass is 485 g/mol. The van der Waals surface area contributed by atoms with E-state index < -0.39 is 9.84 Å². The second-order valence-corrected chi connectivity index (χ2v) is 11.6. The molecule has 33 heavy (non-hydrogen) atoms. The summed E-state index contributed by atoms with van der Waals surface area (Å²) in [6, 6.07) is 7.86. The van der Waals surface area contributed by atoms with Crippen LogP contribution >= 0.6 is 11.6 Å². The first-order valence-corrected chi connectivity index (χ1v) is 13.4. The molecule has 0 saturated carbocycles. The van der Waals surface area contributed by atoms with Gasteiger partial charge >= 0.3 is 0 Å². The van der Waals surface area contributed by atoms with Gasteiger partial charge in [0.25, 0.3) is 0 Å². The maximum absolute atomic E-state index is 11.8. The normalized spacial score (nSPS) is 21.2. The summed E-state index contributed by atoms with van der Waals surface area (Å²) in [5, 5.41) is 9.88. The molecular formula is C22H24ClN7O2S. The molecule has 6 rings (SSSR count). The van der Waals surface area contributed by atoms with E-state index in [2.05, 4.69) is 34.5 Å². The van der Waals surface area contributed by atoms with Crippen LogP contribution < -0.4 is 4.90 Å². The molecule has 0 aliphatic carbocycles. The lowest BCUT2D eigenvalue weighted by Crippen LogP contribution is -2.52. The van der Waals surface area contributed by atoms with Crippen molar-refractivity contribution < 1.29 is 8.42 Å². The molecule has 3 aliphatic heterocycles. The summed E-state index contributed by atoms with van der Waals surface area (Å²) in [7, 11) is -2.92. The average Bonchev–Trinajstić information content (AvgIpc) is 3.14. The largest absolute Gasteiger partial charge is 0.356 e. The van der Waals surface area contributed by atoms with Crippen molar-refractivity contribution >= 4 is 27.3 Å². The molecule has 172 valence electrons. The summed E-state index contributed by atoms with van der Waals surface area (Å²) in [5.41, 5.74) is 2.11. The second kappa shape index (κ2) is 8.03. The molecule has 0 bridgehead atoms. The number of aromatic nitrogens is 5. The molecule has 2 saturated heterocycles. The standard InChI is InChI=1S/C22H24ClN7O2S/c23-17-1-2-19-16(9-17)10-29(18-12-33(31,32)13-18)11-21-26-27-22(30(19)21)15-4-7-28(8-5-15)20-3-6-24-14-25-20/h1-3,6,9,14-15,18H,4-5,7-8,10-13H2. The predicted molar refractivity (Wildman–Crippen MR) is 124 cm³/mol. The van der Waals surface area contributed by atoms with Crippen molar-refractivity contribution in [3.8, 4) is 5.69 Å². The van der Waals surface area contributed by atoms with Crippen LogP contribution in [-0.4, -0.2) is 68.7 Å². The lowest BCUT2D eigenvalue weighted by Gasteiger charge is -2.35. The Hall–Kier alpha value is -2.56. The van der Waals surface area contributed by atoms with Gasteiger partial charge in [-0.05, 0) is 42.7 Å². The minimum atomic E-state index is -2.92. The third kappa shape index (κ3) is 3.89. The minimum absolute atomic E-state index is 0.00429. The number of anilines is 1. The van der Waals surface area contributed by atoms with Gasteiger partial charge in [0.05, 0.1) is 23.7 Å². The molecule has 0 unspecified atom stereocenters. The molecule has 2 fully saturated rings. The molecule has 0 atom stereocenters. The molecule has 0 spiro atoms. The highest BCUT2D eigenvalue weighted by Crippen LogP contribution is 2.35. The highest BCUT2D eigenvalue weighted by molar-refractivity contribution is 7.92. The average molecular weight is 486 g/mol. The number of rotatable bonds is 3. The zero-order valence-electron chi connectivity index (χ0n) is 18.0. The Morgan fingerprint density at radius 2 is 1.85 bits per heavy atom. The topological polar surface area (TPSA) is 97.1 Å². The van der Waals surface area contributed by atoms with Crippen LogP contribution in [0.1, 0.15) is 36.0 Å². The summed E-state index contributed by atoms with van der Waals surface area (Å²) in [6.45, 7) is 3.00. The Labute approximate surface area is 197 Å². The Morgan fingerprint density at radius 1 is 1.03 bits per heavy atom. The first kappa shape index (κ1) is 21.0. The van der Waals surface area contributed by atoms with E-state index in [1.807, 2.05) is 24.3 Å². The van der Waals surface area contributed by atoms with Crippen LogP contribution in [-0.2, 0) is 22.9 Å². The van der Waals surface area contributed by atoms with Crippen molar-refractivity contribution in [2.75, 3.05) is 29.5 Å². The third-order valence-electron chi connectivity index (χ3n) is 6.91. The van der Waals surface area contributed by atoms with E-state index >= 15 is 0 Å². The SMILES string of the molecule is O=S1(=O)CC(N2Cc3cc(Cl)ccc3-n3c(nnc3C3CCN(c4ccncn4)CC3)C2)C1. The second-order valence-electron chi connectivity index (χ2n) is 9.05. The van der Waals surface area contributed by atoms with Crippen molar-refractivity contribution in [2.24, 2.45) is 0 Å². The van der Waals surface area contributed by atoms with Crippen molar-refractivity contribution in [1.82, 2.24) is 29.6 Å². The Balaban J connectivity index is 1.31. The van der Waals surface area contributed by atoms with Gasteiger partial charge in [-0.3, -0.25) is 9.47 Å². The molecule has 1 aromatic carbocycles. The van der Waals surface area contributed by atoms with Crippen LogP contribution in [0, 0.1) is 0 Å². The predicted octanol–water partition coefficient (Wildman–Crippen LogP) is 2.21. The van der Waals surface area contributed by atoms with Crippen LogP contribution in [0.2, 0.25) is 5.02 Å². The van der Waals surface area contributed by atoms with Crippen molar-refractivity contribution in [2.45, 2.75) is 37.9 Å². The van der Waals surface area contributed by atoms with Crippen LogP contribution in [0.3, 0.4) is 0 Å².